The third-order valence-corrected chi connectivity index (χ3v) is 3.06. The number of aromatic nitrogens is 4. The molecule has 0 radical (unpaired) electrons. The van der Waals surface area contributed by atoms with Gasteiger partial charge in [-0.2, -0.15) is 26.3 Å². The summed E-state index contributed by atoms with van der Waals surface area (Å²) in [6, 6.07) is 2.70. The average molecular weight is 487 g/mol. The summed E-state index contributed by atoms with van der Waals surface area (Å²) in [5, 5.41) is 28.8. The van der Waals surface area contributed by atoms with Crippen molar-refractivity contribution in [3.8, 4) is 11.4 Å². The van der Waals surface area contributed by atoms with Crippen LogP contribution in [-0.2, 0) is 20.9 Å². The second-order valence-electron chi connectivity index (χ2n) is 5.57. The number of aryl methyl sites for hydroxylation is 1. The van der Waals surface area contributed by atoms with Crippen LogP contribution in [0.4, 0.5) is 26.3 Å². The highest BCUT2D eigenvalue weighted by Crippen LogP contribution is 2.13. The summed E-state index contributed by atoms with van der Waals surface area (Å²) in [7, 11) is 0. The van der Waals surface area contributed by atoms with Gasteiger partial charge in [0.05, 0.1) is 0 Å². The smallest absolute Gasteiger partial charge is 0.490 e. The van der Waals surface area contributed by atoms with E-state index in [0.717, 1.165) is 5.56 Å². The van der Waals surface area contributed by atoms with Gasteiger partial charge < -0.3 is 25.8 Å². The molecule has 0 aromatic carbocycles. The zero-order valence-electron chi connectivity index (χ0n) is 16.1. The van der Waals surface area contributed by atoms with Gasteiger partial charge in [-0.15, -0.1) is 0 Å². The number of carboxylic acid groups (broad SMARTS) is 3. The Hall–Kier alpha value is -3.89. The SMILES string of the molecule is NC(CC[n+]1ccc(-c2ncccn2)cn1)C(=O)O.O=C(O)C(F)(F)F.O=C([O-])C(F)(F)F. The van der Waals surface area contributed by atoms with Crippen molar-refractivity contribution in [1.82, 2.24) is 15.1 Å². The topological polar surface area (TPSA) is 183 Å². The van der Waals surface area contributed by atoms with Gasteiger partial charge in [-0.1, -0.05) is 4.68 Å². The van der Waals surface area contributed by atoms with Crippen LogP contribution in [0.3, 0.4) is 0 Å². The minimum absolute atomic E-state index is 0.328. The second kappa shape index (κ2) is 12.8. The number of hydrogen-bond acceptors (Lipinski definition) is 8. The maximum Gasteiger partial charge on any atom is 0.490 e. The van der Waals surface area contributed by atoms with E-state index in [1.165, 1.54) is 0 Å². The van der Waals surface area contributed by atoms with E-state index in [4.69, 9.17) is 30.6 Å². The molecule has 11 nitrogen and oxygen atoms in total. The Balaban J connectivity index is 0.000000605. The van der Waals surface area contributed by atoms with Crippen molar-refractivity contribution >= 4 is 17.9 Å². The monoisotopic (exact) mass is 487 g/mol. The van der Waals surface area contributed by atoms with E-state index in [0.29, 0.717) is 18.8 Å². The standard InChI is InChI=1S/C12H13N5O2.2C2HF3O2/c13-10(12(18)19)3-7-17-6-2-9(8-16-17)11-14-4-1-5-15-11;2*3-2(4,5)1(6)7/h1-2,4-6,8,10H,3,7,13H2;2*(H,6,7). The van der Waals surface area contributed by atoms with E-state index in [1.807, 2.05) is 6.07 Å². The number of carbonyl (C=O) groups excluding carboxylic acids is 1. The summed E-state index contributed by atoms with van der Waals surface area (Å²) < 4.78 is 64.9. The summed E-state index contributed by atoms with van der Waals surface area (Å²) >= 11 is 0. The van der Waals surface area contributed by atoms with Crippen LogP contribution in [0.1, 0.15) is 6.42 Å². The predicted molar refractivity (Wildman–Crippen MR) is 90.4 cm³/mol. The van der Waals surface area contributed by atoms with Crippen LogP contribution >= 0.6 is 0 Å². The zero-order valence-corrected chi connectivity index (χ0v) is 16.1. The minimum Gasteiger partial charge on any atom is -0.542 e. The number of aliphatic carboxylic acids is 3. The Morgan fingerprint density at radius 3 is 1.88 bits per heavy atom. The molecule has 0 amide bonds. The number of carbonyl (C=O) groups is 3. The number of alkyl halides is 6. The Bertz CT molecular complexity index is 885. The maximum absolute atomic E-state index is 10.6. The van der Waals surface area contributed by atoms with Gasteiger partial charge in [0.25, 0.3) is 0 Å². The van der Waals surface area contributed by atoms with E-state index in [2.05, 4.69) is 15.1 Å². The van der Waals surface area contributed by atoms with Crippen LogP contribution in [0.2, 0.25) is 0 Å². The van der Waals surface area contributed by atoms with Crippen molar-refractivity contribution in [2.45, 2.75) is 31.4 Å². The van der Waals surface area contributed by atoms with Crippen LogP contribution in [0, 0.1) is 0 Å². The van der Waals surface area contributed by atoms with Crippen molar-refractivity contribution in [3.63, 3.8) is 0 Å². The Morgan fingerprint density at radius 2 is 1.55 bits per heavy atom. The third kappa shape index (κ3) is 12.5. The van der Waals surface area contributed by atoms with Crippen molar-refractivity contribution < 1.29 is 60.7 Å². The van der Waals surface area contributed by atoms with Gasteiger partial charge in [0, 0.05) is 30.4 Å². The number of nitrogens with two attached hydrogens (primary N) is 1. The largest absolute Gasteiger partial charge is 0.542 e. The van der Waals surface area contributed by atoms with E-state index < -0.39 is 36.3 Å². The first-order chi connectivity index (χ1) is 15.1. The Labute approximate surface area is 180 Å². The van der Waals surface area contributed by atoms with Gasteiger partial charge >= 0.3 is 24.3 Å². The molecule has 0 aliphatic rings. The quantitative estimate of drug-likeness (QED) is 0.369. The summed E-state index contributed by atoms with van der Waals surface area (Å²) in [6.45, 7) is 0.448. The van der Waals surface area contributed by atoms with Crippen LogP contribution in [-0.4, -0.2) is 61.6 Å². The molecule has 182 valence electrons. The van der Waals surface area contributed by atoms with Crippen molar-refractivity contribution in [2.75, 3.05) is 0 Å². The van der Waals surface area contributed by atoms with Gasteiger partial charge in [-0.25, -0.2) is 14.8 Å². The summed E-state index contributed by atoms with van der Waals surface area (Å²) in [5.74, 6) is -6.17. The zero-order chi connectivity index (χ0) is 25.8. The molecule has 0 fully saturated rings. The number of hydrogen-bond donors (Lipinski definition) is 3. The maximum atomic E-state index is 10.6. The van der Waals surface area contributed by atoms with Crippen LogP contribution in [0.5, 0.6) is 0 Å². The lowest BCUT2D eigenvalue weighted by Crippen LogP contribution is -2.42. The molecule has 0 spiro atoms. The molecule has 2 aromatic rings. The predicted octanol–water partition coefficient (Wildman–Crippen LogP) is -0.440. The molecule has 0 aliphatic carbocycles. The molecule has 1 atom stereocenters. The molecule has 2 heterocycles. The van der Waals surface area contributed by atoms with E-state index >= 15 is 0 Å². The molecule has 2 aromatic heterocycles. The minimum atomic E-state index is -5.19. The first kappa shape index (κ1) is 29.1. The van der Waals surface area contributed by atoms with Gasteiger partial charge in [0.1, 0.15) is 18.2 Å². The Kier molecular flexibility index (Phi) is 11.3. The first-order valence-electron chi connectivity index (χ1n) is 8.25. The summed E-state index contributed by atoms with van der Waals surface area (Å²) in [5.41, 5.74) is 6.23. The highest BCUT2D eigenvalue weighted by atomic mass is 19.4. The van der Waals surface area contributed by atoms with Gasteiger partial charge in [-0.05, 0) is 11.2 Å². The summed E-state index contributed by atoms with van der Waals surface area (Å²) in [4.78, 5) is 36.5. The molecular weight excluding hydrogens is 472 g/mol. The fourth-order valence-corrected chi connectivity index (χ4v) is 1.49. The molecule has 0 bridgehead atoms. The highest BCUT2D eigenvalue weighted by molar-refractivity contribution is 5.73. The lowest BCUT2D eigenvalue weighted by molar-refractivity contribution is -0.754. The fraction of sp³-hybridized carbons (Fsp3) is 0.312. The van der Waals surface area contributed by atoms with E-state index in [1.54, 1.807) is 35.5 Å². The molecule has 33 heavy (non-hydrogen) atoms. The highest BCUT2D eigenvalue weighted by Gasteiger charge is 2.38. The summed E-state index contributed by atoms with van der Waals surface area (Å²) in [6.07, 6.45) is -3.24. The molecule has 1 unspecified atom stereocenters. The van der Waals surface area contributed by atoms with Gasteiger partial charge in [0.15, 0.2) is 18.6 Å². The fourth-order valence-electron chi connectivity index (χ4n) is 1.49. The van der Waals surface area contributed by atoms with E-state index in [-0.39, 0.29) is 0 Å². The van der Waals surface area contributed by atoms with E-state index in [9.17, 15) is 31.1 Å². The second-order valence-corrected chi connectivity index (χ2v) is 5.57. The van der Waals surface area contributed by atoms with Crippen molar-refractivity contribution in [3.05, 3.63) is 36.9 Å². The molecule has 0 saturated carbocycles. The van der Waals surface area contributed by atoms with Gasteiger partial charge in [-0.3, -0.25) is 4.79 Å². The first-order valence-corrected chi connectivity index (χ1v) is 8.25. The molecular formula is C16H15F6N5O6. The molecule has 17 heteroatoms. The van der Waals surface area contributed by atoms with Crippen LogP contribution < -0.4 is 15.5 Å². The Morgan fingerprint density at radius 1 is 1.06 bits per heavy atom. The third-order valence-electron chi connectivity index (χ3n) is 3.06. The van der Waals surface area contributed by atoms with Crippen molar-refractivity contribution in [1.29, 1.82) is 0 Å². The average Bonchev–Trinajstić information content (AvgIpc) is 2.72. The molecule has 0 aliphatic heterocycles. The molecule has 4 N–H and O–H groups in total. The number of rotatable bonds is 5. The number of nitrogens with zero attached hydrogens (tertiary/aromatic N) is 4. The normalized spacial score (nSPS) is 11.7. The molecule has 0 saturated heterocycles. The van der Waals surface area contributed by atoms with Crippen molar-refractivity contribution in [2.24, 2.45) is 5.73 Å². The molecule has 2 rings (SSSR count). The van der Waals surface area contributed by atoms with Crippen LogP contribution in [0.15, 0.2) is 36.9 Å². The number of carboxylic acids is 3. The van der Waals surface area contributed by atoms with Crippen LogP contribution in [0.25, 0.3) is 11.4 Å². The lowest BCUT2D eigenvalue weighted by atomic mass is 10.2. The lowest BCUT2D eigenvalue weighted by Gasteiger charge is -2.03. The number of halogens is 6. The van der Waals surface area contributed by atoms with Gasteiger partial charge in [0.2, 0.25) is 0 Å².